The summed E-state index contributed by atoms with van der Waals surface area (Å²) in [4.78, 5) is 0.304. The molecule has 0 aromatic heterocycles. The van der Waals surface area contributed by atoms with Gasteiger partial charge in [-0.15, -0.1) is 12.4 Å². The highest BCUT2D eigenvalue weighted by Gasteiger charge is 2.13. The van der Waals surface area contributed by atoms with Gasteiger partial charge in [-0.05, 0) is 23.6 Å². The SMILES string of the molecule is COCCNCCNS(=O)(=O)c1ccc(C(C)C)cc1.Cl. The summed E-state index contributed by atoms with van der Waals surface area (Å²) in [6.45, 7) is 6.41. The Morgan fingerprint density at radius 1 is 1.10 bits per heavy atom. The van der Waals surface area contributed by atoms with E-state index in [1.165, 1.54) is 0 Å². The van der Waals surface area contributed by atoms with Gasteiger partial charge in [0.05, 0.1) is 11.5 Å². The van der Waals surface area contributed by atoms with Crippen molar-refractivity contribution in [3.05, 3.63) is 29.8 Å². The second-order valence-corrected chi connectivity index (χ2v) is 6.63. The number of benzene rings is 1. The van der Waals surface area contributed by atoms with Crippen molar-refractivity contribution in [1.29, 1.82) is 0 Å². The molecular weight excluding hydrogens is 312 g/mol. The zero-order valence-corrected chi connectivity index (χ0v) is 14.4. The summed E-state index contributed by atoms with van der Waals surface area (Å²) in [5.74, 6) is 0.393. The fourth-order valence-corrected chi connectivity index (χ4v) is 2.72. The zero-order valence-electron chi connectivity index (χ0n) is 12.8. The average Bonchev–Trinajstić information content (AvgIpc) is 2.43. The van der Waals surface area contributed by atoms with Crippen LogP contribution >= 0.6 is 12.4 Å². The van der Waals surface area contributed by atoms with E-state index in [9.17, 15) is 8.42 Å². The number of hydrogen-bond acceptors (Lipinski definition) is 4. The Morgan fingerprint density at radius 3 is 2.24 bits per heavy atom. The van der Waals surface area contributed by atoms with Crippen molar-refractivity contribution in [1.82, 2.24) is 10.0 Å². The van der Waals surface area contributed by atoms with Gasteiger partial charge in [0.1, 0.15) is 0 Å². The number of methoxy groups -OCH3 is 1. The van der Waals surface area contributed by atoms with E-state index in [4.69, 9.17) is 4.74 Å². The van der Waals surface area contributed by atoms with Gasteiger partial charge in [-0.2, -0.15) is 0 Å². The molecule has 0 fully saturated rings. The zero-order chi connectivity index (χ0) is 15.0. The lowest BCUT2D eigenvalue weighted by Gasteiger charge is -2.09. The van der Waals surface area contributed by atoms with Gasteiger partial charge in [-0.1, -0.05) is 26.0 Å². The first-order valence-corrected chi connectivity index (χ1v) is 8.25. The molecule has 0 amide bonds. The molecule has 0 radical (unpaired) electrons. The van der Waals surface area contributed by atoms with Crippen LogP contribution in [0.5, 0.6) is 0 Å². The van der Waals surface area contributed by atoms with Crippen molar-refractivity contribution in [3.63, 3.8) is 0 Å². The van der Waals surface area contributed by atoms with Crippen LogP contribution < -0.4 is 10.0 Å². The Bertz CT molecular complexity index is 489. The predicted molar refractivity (Wildman–Crippen MR) is 87.7 cm³/mol. The first kappa shape index (κ1) is 20.3. The Kier molecular flexibility index (Phi) is 9.81. The van der Waals surface area contributed by atoms with E-state index in [2.05, 4.69) is 23.9 Å². The highest BCUT2D eigenvalue weighted by Crippen LogP contribution is 2.16. The molecule has 2 N–H and O–H groups in total. The van der Waals surface area contributed by atoms with E-state index in [1.807, 2.05) is 12.1 Å². The molecule has 1 aromatic rings. The Morgan fingerprint density at radius 2 is 1.71 bits per heavy atom. The molecule has 0 saturated heterocycles. The minimum absolute atomic E-state index is 0. The van der Waals surface area contributed by atoms with Gasteiger partial charge in [0.15, 0.2) is 0 Å². The fraction of sp³-hybridized carbons (Fsp3) is 0.571. The van der Waals surface area contributed by atoms with E-state index in [0.29, 0.717) is 37.1 Å². The topological polar surface area (TPSA) is 67.4 Å². The van der Waals surface area contributed by atoms with Crippen LogP contribution in [0.1, 0.15) is 25.3 Å². The Labute approximate surface area is 133 Å². The first-order valence-electron chi connectivity index (χ1n) is 6.76. The van der Waals surface area contributed by atoms with Crippen molar-refractivity contribution < 1.29 is 13.2 Å². The highest BCUT2D eigenvalue weighted by atomic mass is 35.5. The van der Waals surface area contributed by atoms with Crippen LogP contribution in [0.2, 0.25) is 0 Å². The molecule has 21 heavy (non-hydrogen) atoms. The molecule has 7 heteroatoms. The van der Waals surface area contributed by atoms with Crippen LogP contribution in [0.4, 0.5) is 0 Å². The maximum absolute atomic E-state index is 12.0. The molecule has 0 aliphatic rings. The predicted octanol–water partition coefficient (Wildman–Crippen LogP) is 1.75. The molecule has 0 saturated carbocycles. The second-order valence-electron chi connectivity index (χ2n) is 4.86. The van der Waals surface area contributed by atoms with E-state index in [0.717, 1.165) is 5.56 Å². The summed E-state index contributed by atoms with van der Waals surface area (Å²) in [5.41, 5.74) is 1.13. The average molecular weight is 337 g/mol. The van der Waals surface area contributed by atoms with E-state index < -0.39 is 10.0 Å². The third-order valence-electron chi connectivity index (χ3n) is 2.93. The largest absolute Gasteiger partial charge is 0.383 e. The molecule has 122 valence electrons. The van der Waals surface area contributed by atoms with Crippen molar-refractivity contribution in [3.8, 4) is 0 Å². The third-order valence-corrected chi connectivity index (χ3v) is 4.41. The van der Waals surface area contributed by atoms with E-state index in [-0.39, 0.29) is 12.4 Å². The molecule has 0 heterocycles. The van der Waals surface area contributed by atoms with E-state index in [1.54, 1.807) is 19.2 Å². The van der Waals surface area contributed by atoms with Gasteiger partial charge in [0.2, 0.25) is 10.0 Å². The van der Waals surface area contributed by atoms with Crippen molar-refractivity contribution >= 4 is 22.4 Å². The molecule has 1 rings (SSSR count). The highest BCUT2D eigenvalue weighted by molar-refractivity contribution is 7.89. The van der Waals surface area contributed by atoms with Crippen LogP contribution in [-0.2, 0) is 14.8 Å². The minimum atomic E-state index is -3.42. The van der Waals surface area contributed by atoms with Gasteiger partial charge in [-0.3, -0.25) is 0 Å². The number of hydrogen-bond donors (Lipinski definition) is 2. The molecule has 5 nitrogen and oxygen atoms in total. The van der Waals surface area contributed by atoms with E-state index >= 15 is 0 Å². The monoisotopic (exact) mass is 336 g/mol. The quantitative estimate of drug-likeness (QED) is 0.674. The maximum atomic E-state index is 12.0. The van der Waals surface area contributed by atoms with Gasteiger partial charge < -0.3 is 10.1 Å². The molecule has 0 bridgehead atoms. The minimum Gasteiger partial charge on any atom is -0.383 e. The lowest BCUT2D eigenvalue weighted by Crippen LogP contribution is -2.33. The van der Waals surface area contributed by atoms with Crippen LogP contribution in [0.15, 0.2) is 29.2 Å². The van der Waals surface area contributed by atoms with Crippen LogP contribution in [0, 0.1) is 0 Å². The fourth-order valence-electron chi connectivity index (χ4n) is 1.69. The number of halogens is 1. The number of rotatable bonds is 9. The normalized spacial score (nSPS) is 11.4. The third kappa shape index (κ3) is 7.24. The summed E-state index contributed by atoms with van der Waals surface area (Å²) in [5, 5.41) is 3.08. The molecule has 0 atom stereocenters. The van der Waals surface area contributed by atoms with Gasteiger partial charge >= 0.3 is 0 Å². The van der Waals surface area contributed by atoms with Gasteiger partial charge in [0.25, 0.3) is 0 Å². The number of sulfonamides is 1. The lowest BCUT2D eigenvalue weighted by molar-refractivity contribution is 0.199. The molecule has 0 unspecified atom stereocenters. The summed E-state index contributed by atoms with van der Waals surface area (Å²) in [6, 6.07) is 7.01. The summed E-state index contributed by atoms with van der Waals surface area (Å²) >= 11 is 0. The van der Waals surface area contributed by atoms with Crippen LogP contribution in [0.3, 0.4) is 0 Å². The molecular formula is C14H25ClN2O3S. The first-order chi connectivity index (χ1) is 9.47. The lowest BCUT2D eigenvalue weighted by atomic mass is 10.0. The standard InChI is InChI=1S/C14H24N2O3S.ClH/c1-12(2)13-4-6-14(7-5-13)20(17,18)16-9-8-15-10-11-19-3;/h4-7,12,15-16H,8-11H2,1-3H3;1H. The van der Waals surface area contributed by atoms with Crippen LogP contribution in [0.25, 0.3) is 0 Å². The second kappa shape index (κ2) is 10.1. The summed E-state index contributed by atoms with van der Waals surface area (Å²) in [6.07, 6.45) is 0. The van der Waals surface area contributed by atoms with Gasteiger partial charge in [-0.25, -0.2) is 13.1 Å². The van der Waals surface area contributed by atoms with Crippen LogP contribution in [-0.4, -0.2) is 41.8 Å². The number of nitrogens with one attached hydrogen (secondary N) is 2. The molecule has 0 aliphatic heterocycles. The molecule has 1 aromatic carbocycles. The maximum Gasteiger partial charge on any atom is 0.240 e. The summed E-state index contributed by atoms with van der Waals surface area (Å²) in [7, 11) is -1.79. The van der Waals surface area contributed by atoms with Crippen molar-refractivity contribution in [2.24, 2.45) is 0 Å². The van der Waals surface area contributed by atoms with Crippen molar-refractivity contribution in [2.45, 2.75) is 24.7 Å². The molecule has 0 aliphatic carbocycles. The Balaban J connectivity index is 0.00000400. The van der Waals surface area contributed by atoms with Gasteiger partial charge in [0, 0.05) is 26.7 Å². The Hall–Kier alpha value is -0.660. The molecule has 0 spiro atoms. The number of ether oxygens (including phenoxy) is 1. The smallest absolute Gasteiger partial charge is 0.240 e. The summed E-state index contributed by atoms with van der Waals surface area (Å²) < 4.78 is 31.5. The van der Waals surface area contributed by atoms with Crippen molar-refractivity contribution in [2.75, 3.05) is 33.4 Å².